The summed E-state index contributed by atoms with van der Waals surface area (Å²) in [6, 6.07) is 13.5. The highest BCUT2D eigenvalue weighted by Crippen LogP contribution is 2.22. The number of nitrogens with zero attached hydrogens (tertiary/aromatic N) is 2. The number of benzene rings is 1. The van der Waals surface area contributed by atoms with Crippen molar-refractivity contribution in [2.45, 2.75) is 0 Å². The molecule has 0 saturated heterocycles. The molecule has 0 radical (unpaired) electrons. The zero-order valence-corrected chi connectivity index (χ0v) is 12.0. The van der Waals surface area contributed by atoms with Crippen LogP contribution < -0.4 is 0 Å². The Morgan fingerprint density at radius 1 is 1.10 bits per heavy atom. The summed E-state index contributed by atoms with van der Waals surface area (Å²) in [6.45, 7) is 0. The molecule has 0 fully saturated rings. The number of carbonyl (C=O) groups is 1. The first-order chi connectivity index (χ1) is 10.3. The average molecular weight is 292 g/mol. The molecule has 21 heavy (non-hydrogen) atoms. The first kappa shape index (κ1) is 13.4. The summed E-state index contributed by atoms with van der Waals surface area (Å²) in [4.78, 5) is 20.4. The van der Waals surface area contributed by atoms with Gasteiger partial charge in [0.05, 0.1) is 5.69 Å². The second-order valence-electron chi connectivity index (χ2n) is 4.38. The molecule has 3 nitrogen and oxygen atoms in total. The van der Waals surface area contributed by atoms with Gasteiger partial charge in [-0.3, -0.25) is 9.78 Å². The van der Waals surface area contributed by atoms with Crippen molar-refractivity contribution < 1.29 is 4.79 Å². The van der Waals surface area contributed by atoms with E-state index in [0.717, 1.165) is 16.3 Å². The van der Waals surface area contributed by atoms with E-state index in [-0.39, 0.29) is 5.78 Å². The topological polar surface area (TPSA) is 42.9 Å². The summed E-state index contributed by atoms with van der Waals surface area (Å²) >= 11 is 1.52. The summed E-state index contributed by atoms with van der Waals surface area (Å²) < 4.78 is 0. The lowest BCUT2D eigenvalue weighted by atomic mass is 10.2. The number of thiazole rings is 1. The fourth-order valence-corrected chi connectivity index (χ4v) is 2.58. The van der Waals surface area contributed by atoms with Gasteiger partial charge in [-0.15, -0.1) is 11.3 Å². The molecule has 0 aliphatic carbocycles. The van der Waals surface area contributed by atoms with Gasteiger partial charge in [0.2, 0.25) is 0 Å². The van der Waals surface area contributed by atoms with Crippen molar-refractivity contribution in [3.63, 3.8) is 0 Å². The summed E-state index contributed by atoms with van der Waals surface area (Å²) in [5.41, 5.74) is 2.58. The standard InChI is InChI=1S/C17H12N2OS/c20-16(14-7-4-10-18-11-14)8-9-17-19-15(12-21-17)13-5-2-1-3-6-13/h1-12H/b9-8-. The van der Waals surface area contributed by atoms with Crippen LogP contribution in [0.4, 0.5) is 0 Å². The van der Waals surface area contributed by atoms with E-state index in [1.165, 1.54) is 17.4 Å². The molecule has 2 heterocycles. The van der Waals surface area contributed by atoms with Crippen molar-refractivity contribution in [3.8, 4) is 11.3 Å². The number of pyridine rings is 1. The minimum Gasteiger partial charge on any atom is -0.289 e. The molecule has 0 bridgehead atoms. The normalized spacial score (nSPS) is 10.9. The molecule has 102 valence electrons. The Labute approximate surface area is 126 Å². The van der Waals surface area contributed by atoms with Crippen molar-refractivity contribution >= 4 is 23.2 Å². The van der Waals surface area contributed by atoms with Gasteiger partial charge >= 0.3 is 0 Å². The predicted octanol–water partition coefficient (Wildman–Crippen LogP) is 4.10. The fourth-order valence-electron chi connectivity index (χ4n) is 1.86. The van der Waals surface area contributed by atoms with Crippen LogP contribution in [0.1, 0.15) is 15.4 Å². The largest absolute Gasteiger partial charge is 0.289 e. The molecule has 0 aliphatic rings. The summed E-state index contributed by atoms with van der Waals surface area (Å²) in [5.74, 6) is -0.0699. The van der Waals surface area contributed by atoms with E-state index in [2.05, 4.69) is 9.97 Å². The van der Waals surface area contributed by atoms with E-state index in [4.69, 9.17) is 0 Å². The maximum atomic E-state index is 11.9. The van der Waals surface area contributed by atoms with Crippen LogP contribution >= 0.6 is 11.3 Å². The Morgan fingerprint density at radius 3 is 2.71 bits per heavy atom. The Hall–Kier alpha value is -2.59. The quantitative estimate of drug-likeness (QED) is 0.537. The summed E-state index contributed by atoms with van der Waals surface area (Å²) in [5, 5.41) is 2.80. The molecular formula is C17H12N2OS. The van der Waals surface area contributed by atoms with Crippen LogP contribution in [0.3, 0.4) is 0 Å². The van der Waals surface area contributed by atoms with Gasteiger partial charge in [-0.1, -0.05) is 30.3 Å². The highest BCUT2D eigenvalue weighted by atomic mass is 32.1. The van der Waals surface area contributed by atoms with Gasteiger partial charge in [0.1, 0.15) is 5.01 Å². The average Bonchev–Trinajstić information content (AvgIpc) is 3.03. The molecule has 0 N–H and O–H groups in total. The first-order valence-electron chi connectivity index (χ1n) is 6.46. The molecule has 0 amide bonds. The van der Waals surface area contributed by atoms with Gasteiger partial charge in [-0.25, -0.2) is 4.98 Å². The SMILES string of the molecule is O=C(/C=C\c1nc(-c2ccccc2)cs1)c1cccnc1. The van der Waals surface area contributed by atoms with Gasteiger partial charge in [0.25, 0.3) is 0 Å². The van der Waals surface area contributed by atoms with Crippen molar-refractivity contribution in [3.05, 3.63) is 76.9 Å². The third-order valence-corrected chi connectivity index (χ3v) is 3.72. The first-order valence-corrected chi connectivity index (χ1v) is 7.34. The Kier molecular flexibility index (Phi) is 3.98. The van der Waals surface area contributed by atoms with E-state index >= 15 is 0 Å². The van der Waals surface area contributed by atoms with Crippen LogP contribution in [0.2, 0.25) is 0 Å². The van der Waals surface area contributed by atoms with Crippen molar-refractivity contribution in [2.75, 3.05) is 0 Å². The molecule has 0 atom stereocenters. The smallest absolute Gasteiger partial charge is 0.187 e. The zero-order valence-electron chi connectivity index (χ0n) is 11.1. The lowest BCUT2D eigenvalue weighted by molar-refractivity contribution is 0.104. The van der Waals surface area contributed by atoms with E-state index in [1.54, 1.807) is 30.6 Å². The molecule has 0 spiro atoms. The molecular weight excluding hydrogens is 280 g/mol. The van der Waals surface area contributed by atoms with Crippen LogP contribution in [-0.4, -0.2) is 15.8 Å². The van der Waals surface area contributed by atoms with Crippen molar-refractivity contribution in [2.24, 2.45) is 0 Å². The second-order valence-corrected chi connectivity index (χ2v) is 5.27. The molecule has 0 unspecified atom stereocenters. The summed E-state index contributed by atoms with van der Waals surface area (Å²) in [7, 11) is 0. The number of hydrogen-bond acceptors (Lipinski definition) is 4. The number of aromatic nitrogens is 2. The van der Waals surface area contributed by atoms with Crippen LogP contribution in [-0.2, 0) is 0 Å². The molecule has 3 rings (SSSR count). The lowest BCUT2D eigenvalue weighted by Crippen LogP contribution is -1.93. The molecule has 1 aromatic carbocycles. The Balaban J connectivity index is 1.76. The monoisotopic (exact) mass is 292 g/mol. The number of rotatable bonds is 4. The third-order valence-electron chi connectivity index (χ3n) is 2.91. The van der Waals surface area contributed by atoms with Crippen molar-refractivity contribution in [1.29, 1.82) is 0 Å². The summed E-state index contributed by atoms with van der Waals surface area (Å²) in [6.07, 6.45) is 6.48. The van der Waals surface area contributed by atoms with E-state index in [1.807, 2.05) is 35.7 Å². The van der Waals surface area contributed by atoms with Gasteiger partial charge in [0.15, 0.2) is 5.78 Å². The van der Waals surface area contributed by atoms with Crippen LogP contribution in [0.15, 0.2) is 66.3 Å². The predicted molar refractivity (Wildman–Crippen MR) is 85.2 cm³/mol. The highest BCUT2D eigenvalue weighted by molar-refractivity contribution is 7.10. The van der Waals surface area contributed by atoms with E-state index in [0.29, 0.717) is 5.56 Å². The van der Waals surface area contributed by atoms with Crippen molar-refractivity contribution in [1.82, 2.24) is 9.97 Å². The van der Waals surface area contributed by atoms with Gasteiger partial charge in [0, 0.05) is 28.9 Å². The minimum absolute atomic E-state index is 0.0699. The van der Waals surface area contributed by atoms with Crippen LogP contribution in [0.5, 0.6) is 0 Å². The third kappa shape index (κ3) is 3.30. The minimum atomic E-state index is -0.0699. The number of carbonyl (C=O) groups excluding carboxylic acids is 1. The van der Waals surface area contributed by atoms with Gasteiger partial charge in [-0.05, 0) is 24.3 Å². The molecule has 0 saturated carbocycles. The molecule has 2 aromatic heterocycles. The van der Waals surface area contributed by atoms with Gasteiger partial charge < -0.3 is 0 Å². The van der Waals surface area contributed by atoms with Crippen LogP contribution in [0, 0.1) is 0 Å². The molecule has 4 heteroatoms. The highest BCUT2D eigenvalue weighted by Gasteiger charge is 2.04. The van der Waals surface area contributed by atoms with E-state index in [9.17, 15) is 4.79 Å². The number of ketones is 1. The maximum absolute atomic E-state index is 11.9. The number of allylic oxidation sites excluding steroid dienone is 1. The lowest BCUT2D eigenvalue weighted by Gasteiger charge is -1.94. The Bertz CT molecular complexity index is 764. The second kappa shape index (κ2) is 6.24. The number of hydrogen-bond donors (Lipinski definition) is 0. The van der Waals surface area contributed by atoms with Gasteiger partial charge in [-0.2, -0.15) is 0 Å². The molecule has 0 aliphatic heterocycles. The maximum Gasteiger partial charge on any atom is 0.187 e. The van der Waals surface area contributed by atoms with Crippen LogP contribution in [0.25, 0.3) is 17.3 Å². The molecule has 3 aromatic rings. The fraction of sp³-hybridized carbons (Fsp3) is 0. The van der Waals surface area contributed by atoms with E-state index < -0.39 is 0 Å². The Morgan fingerprint density at radius 2 is 1.95 bits per heavy atom. The zero-order chi connectivity index (χ0) is 14.5.